The van der Waals surface area contributed by atoms with Crippen LogP contribution in [0.25, 0.3) is 0 Å². The zero-order chi connectivity index (χ0) is 9.84. The molecule has 0 aromatic heterocycles. The van der Waals surface area contributed by atoms with Gasteiger partial charge in [0.15, 0.2) is 0 Å². The van der Waals surface area contributed by atoms with Gasteiger partial charge in [0.2, 0.25) is 0 Å². The number of rotatable bonds is 3. The van der Waals surface area contributed by atoms with E-state index in [9.17, 15) is 4.79 Å². The molecule has 0 saturated heterocycles. The van der Waals surface area contributed by atoms with Crippen molar-refractivity contribution >= 4 is 11.8 Å². The maximum absolute atomic E-state index is 11.4. The number of amidine groups is 1. The van der Waals surface area contributed by atoms with Crippen LogP contribution in [0, 0.1) is 11.8 Å². The minimum atomic E-state index is -0.229. The number of nitrogens with zero attached hydrogens (tertiary/aromatic N) is 1. The molecule has 13 heavy (non-hydrogen) atoms. The minimum Gasteiger partial charge on any atom is -0.468 e. The molecule has 0 bridgehead atoms. The van der Waals surface area contributed by atoms with E-state index >= 15 is 0 Å². The molecule has 0 amide bonds. The molecule has 1 unspecified atom stereocenters. The van der Waals surface area contributed by atoms with Crippen LogP contribution >= 0.6 is 0 Å². The van der Waals surface area contributed by atoms with Crippen LogP contribution in [0.1, 0.15) is 13.8 Å². The van der Waals surface area contributed by atoms with E-state index in [1.54, 1.807) is 0 Å². The van der Waals surface area contributed by atoms with Crippen molar-refractivity contribution in [2.75, 3.05) is 20.2 Å². The van der Waals surface area contributed by atoms with Crippen molar-refractivity contribution in [3.63, 3.8) is 0 Å². The maximum atomic E-state index is 11.4. The van der Waals surface area contributed by atoms with E-state index in [-0.39, 0.29) is 17.8 Å². The molecule has 0 aromatic rings. The largest absolute Gasteiger partial charge is 0.468 e. The number of hydrogen-bond acceptors (Lipinski definition) is 4. The van der Waals surface area contributed by atoms with Crippen molar-refractivity contribution in [2.45, 2.75) is 13.8 Å². The van der Waals surface area contributed by atoms with Gasteiger partial charge in [-0.1, -0.05) is 13.8 Å². The monoisotopic (exact) mass is 184 g/mol. The molecule has 4 heteroatoms. The highest BCUT2D eigenvalue weighted by atomic mass is 16.5. The smallest absolute Gasteiger partial charge is 0.316 e. The number of carbonyl (C=O) groups excluding carboxylic acids is 1. The summed E-state index contributed by atoms with van der Waals surface area (Å²) in [4.78, 5) is 15.6. The van der Waals surface area contributed by atoms with Crippen molar-refractivity contribution in [3.8, 4) is 0 Å². The van der Waals surface area contributed by atoms with Gasteiger partial charge in [0.25, 0.3) is 0 Å². The normalized spacial score (nSPS) is 18.0. The highest BCUT2D eigenvalue weighted by Gasteiger charge is 2.29. The Kier molecular flexibility index (Phi) is 3.28. The molecule has 1 N–H and O–H groups in total. The topological polar surface area (TPSA) is 50.7 Å². The molecule has 1 rings (SSSR count). The summed E-state index contributed by atoms with van der Waals surface area (Å²) in [6, 6.07) is 0. The predicted octanol–water partition coefficient (Wildman–Crippen LogP) is 0.433. The maximum Gasteiger partial charge on any atom is 0.316 e. The highest BCUT2D eigenvalue weighted by molar-refractivity contribution is 6.01. The molecule has 1 atom stereocenters. The van der Waals surface area contributed by atoms with Gasteiger partial charge in [-0.3, -0.25) is 9.79 Å². The zero-order valence-corrected chi connectivity index (χ0v) is 8.33. The standard InChI is InChI=1S/C9H16N2O2/c1-6(2)7(9(12)13-3)8-10-4-5-11-8/h6-7H,4-5H2,1-3H3,(H,10,11). The summed E-state index contributed by atoms with van der Waals surface area (Å²) in [5.74, 6) is 0.564. The van der Waals surface area contributed by atoms with Gasteiger partial charge in [0.05, 0.1) is 13.7 Å². The van der Waals surface area contributed by atoms with Gasteiger partial charge in [-0.25, -0.2) is 0 Å². The van der Waals surface area contributed by atoms with E-state index in [4.69, 9.17) is 4.74 Å². The van der Waals surface area contributed by atoms with Crippen molar-refractivity contribution in [3.05, 3.63) is 0 Å². The summed E-state index contributed by atoms with van der Waals surface area (Å²) < 4.78 is 4.73. The van der Waals surface area contributed by atoms with Gasteiger partial charge in [-0.2, -0.15) is 0 Å². The number of carbonyl (C=O) groups is 1. The predicted molar refractivity (Wildman–Crippen MR) is 50.6 cm³/mol. The summed E-state index contributed by atoms with van der Waals surface area (Å²) in [6.07, 6.45) is 0. The first kappa shape index (κ1) is 10.0. The third-order valence-corrected chi connectivity index (χ3v) is 2.12. The van der Waals surface area contributed by atoms with Crippen LogP contribution < -0.4 is 5.32 Å². The number of hydrogen-bond donors (Lipinski definition) is 1. The van der Waals surface area contributed by atoms with Crippen LogP contribution in [0.5, 0.6) is 0 Å². The Labute approximate surface area is 78.4 Å². The molecule has 1 aliphatic heterocycles. The quantitative estimate of drug-likeness (QED) is 0.647. The number of esters is 1. The van der Waals surface area contributed by atoms with Crippen molar-refractivity contribution < 1.29 is 9.53 Å². The number of methoxy groups -OCH3 is 1. The summed E-state index contributed by atoms with van der Waals surface area (Å²) in [5, 5.41) is 3.10. The van der Waals surface area contributed by atoms with Crippen LogP contribution in [0.4, 0.5) is 0 Å². The lowest BCUT2D eigenvalue weighted by Crippen LogP contribution is -2.36. The van der Waals surface area contributed by atoms with Crippen molar-refractivity contribution in [1.82, 2.24) is 5.32 Å². The summed E-state index contributed by atoms with van der Waals surface area (Å²) in [6.45, 7) is 5.57. The van der Waals surface area contributed by atoms with Gasteiger partial charge in [-0.05, 0) is 5.92 Å². The minimum absolute atomic E-state index is 0.205. The third kappa shape index (κ3) is 2.20. The summed E-state index contributed by atoms with van der Waals surface area (Å²) in [7, 11) is 1.41. The summed E-state index contributed by atoms with van der Waals surface area (Å²) in [5.41, 5.74) is 0. The molecule has 0 spiro atoms. The number of aliphatic imine (C=N–C) groups is 1. The Morgan fingerprint density at radius 1 is 1.62 bits per heavy atom. The van der Waals surface area contributed by atoms with Crippen LogP contribution in [0.3, 0.4) is 0 Å². The second-order valence-electron chi connectivity index (χ2n) is 3.44. The molecule has 1 aliphatic rings. The Morgan fingerprint density at radius 3 is 2.69 bits per heavy atom. The SMILES string of the molecule is COC(=O)C(C1=NCCN1)C(C)C. The van der Waals surface area contributed by atoms with Gasteiger partial charge in [0.1, 0.15) is 11.8 Å². The van der Waals surface area contributed by atoms with Crippen LogP contribution in [-0.2, 0) is 9.53 Å². The Bertz CT molecular complexity index is 224. The molecule has 1 heterocycles. The average molecular weight is 184 g/mol. The molecular weight excluding hydrogens is 168 g/mol. The van der Waals surface area contributed by atoms with Crippen LogP contribution in [-0.4, -0.2) is 32.0 Å². The number of nitrogens with one attached hydrogen (secondary N) is 1. The molecule has 0 radical (unpaired) electrons. The third-order valence-electron chi connectivity index (χ3n) is 2.12. The Hall–Kier alpha value is -1.06. The van der Waals surface area contributed by atoms with E-state index in [2.05, 4.69) is 10.3 Å². The van der Waals surface area contributed by atoms with E-state index in [0.717, 1.165) is 18.9 Å². The summed E-state index contributed by atoms with van der Waals surface area (Å²) >= 11 is 0. The van der Waals surface area contributed by atoms with Gasteiger partial charge in [0, 0.05) is 6.54 Å². The molecule has 0 aromatic carbocycles. The van der Waals surface area contributed by atoms with E-state index < -0.39 is 0 Å². The van der Waals surface area contributed by atoms with Crippen molar-refractivity contribution in [1.29, 1.82) is 0 Å². The molecule has 0 fully saturated rings. The fourth-order valence-electron chi connectivity index (χ4n) is 1.45. The fraction of sp³-hybridized carbons (Fsp3) is 0.778. The first-order valence-corrected chi connectivity index (χ1v) is 4.53. The van der Waals surface area contributed by atoms with Gasteiger partial charge in [-0.15, -0.1) is 0 Å². The second-order valence-corrected chi connectivity index (χ2v) is 3.44. The molecule has 4 nitrogen and oxygen atoms in total. The lowest BCUT2D eigenvalue weighted by atomic mass is 9.95. The number of ether oxygens (including phenoxy) is 1. The van der Waals surface area contributed by atoms with E-state index in [1.807, 2.05) is 13.8 Å². The molecule has 0 aliphatic carbocycles. The second kappa shape index (κ2) is 4.25. The van der Waals surface area contributed by atoms with Gasteiger partial charge < -0.3 is 10.1 Å². The Balaban J connectivity index is 2.72. The lowest BCUT2D eigenvalue weighted by molar-refractivity contribution is -0.144. The first-order chi connectivity index (χ1) is 6.16. The van der Waals surface area contributed by atoms with Crippen molar-refractivity contribution in [2.24, 2.45) is 16.8 Å². The molecule has 0 saturated carbocycles. The molecule has 74 valence electrons. The van der Waals surface area contributed by atoms with Gasteiger partial charge >= 0.3 is 5.97 Å². The average Bonchev–Trinajstić information content (AvgIpc) is 2.56. The first-order valence-electron chi connectivity index (χ1n) is 4.53. The lowest BCUT2D eigenvalue weighted by Gasteiger charge is -2.18. The van der Waals surface area contributed by atoms with E-state index in [1.165, 1.54) is 7.11 Å². The van der Waals surface area contributed by atoms with Crippen LogP contribution in [0.15, 0.2) is 4.99 Å². The van der Waals surface area contributed by atoms with Crippen LogP contribution in [0.2, 0.25) is 0 Å². The molecular formula is C9H16N2O2. The zero-order valence-electron chi connectivity index (χ0n) is 8.33. The Morgan fingerprint density at radius 2 is 2.31 bits per heavy atom. The highest BCUT2D eigenvalue weighted by Crippen LogP contribution is 2.15. The fourth-order valence-corrected chi connectivity index (χ4v) is 1.45. The van der Waals surface area contributed by atoms with E-state index in [0.29, 0.717) is 0 Å².